The first-order chi connectivity index (χ1) is 8.61. The van der Waals surface area contributed by atoms with Gasteiger partial charge in [0.25, 0.3) is 0 Å². The number of nitrogens with zero attached hydrogens (tertiary/aromatic N) is 3. The van der Waals surface area contributed by atoms with E-state index in [-0.39, 0.29) is 0 Å². The predicted molar refractivity (Wildman–Crippen MR) is 76.9 cm³/mol. The van der Waals surface area contributed by atoms with Gasteiger partial charge in [0.2, 0.25) is 0 Å². The van der Waals surface area contributed by atoms with Crippen molar-refractivity contribution >= 4 is 17.7 Å². The molecule has 0 aliphatic carbocycles. The van der Waals surface area contributed by atoms with E-state index in [9.17, 15) is 0 Å². The van der Waals surface area contributed by atoms with Crippen LogP contribution in [0.5, 0.6) is 0 Å². The highest BCUT2D eigenvalue weighted by Gasteiger charge is 2.28. The summed E-state index contributed by atoms with van der Waals surface area (Å²) < 4.78 is 0.295. The number of guanidine groups is 1. The Morgan fingerprint density at radius 2 is 2.50 bits per heavy atom. The molecule has 1 fully saturated rings. The molecule has 0 aromatic carbocycles. The molecular weight excluding hydrogens is 246 g/mol. The van der Waals surface area contributed by atoms with Crippen molar-refractivity contribution in [2.45, 2.75) is 25.1 Å². The van der Waals surface area contributed by atoms with Crippen LogP contribution in [0.2, 0.25) is 0 Å². The number of aromatic amines is 1. The Hall–Kier alpha value is -1.17. The molecule has 0 unspecified atom stereocenters. The lowest BCUT2D eigenvalue weighted by atomic mass is 10.2. The summed E-state index contributed by atoms with van der Waals surface area (Å²) in [6.07, 6.45) is 1.76. The number of H-pyrrole nitrogens is 1. The Balaban J connectivity index is 1.92. The largest absolute Gasteiger partial charge is 0.351 e. The maximum absolute atomic E-state index is 4.36. The Morgan fingerprint density at radius 1 is 1.67 bits per heavy atom. The van der Waals surface area contributed by atoms with E-state index in [1.165, 1.54) is 0 Å². The summed E-state index contributed by atoms with van der Waals surface area (Å²) in [6, 6.07) is 1.97. The van der Waals surface area contributed by atoms with Crippen LogP contribution in [0, 0.1) is 0 Å². The molecule has 1 aromatic rings. The lowest BCUT2D eigenvalue weighted by Gasteiger charge is -2.39. The Bertz CT molecular complexity index is 399. The van der Waals surface area contributed by atoms with Crippen molar-refractivity contribution in [3.05, 3.63) is 18.0 Å². The molecule has 0 amide bonds. The first-order valence-corrected chi connectivity index (χ1v) is 7.17. The van der Waals surface area contributed by atoms with Crippen LogP contribution in [0.3, 0.4) is 0 Å². The smallest absolute Gasteiger partial charge is 0.194 e. The maximum Gasteiger partial charge on any atom is 0.194 e. The van der Waals surface area contributed by atoms with Gasteiger partial charge in [-0.2, -0.15) is 16.9 Å². The molecule has 0 atom stereocenters. The fraction of sp³-hybridized carbons (Fsp3) is 0.667. The zero-order chi connectivity index (χ0) is 13.0. The fourth-order valence-corrected chi connectivity index (χ4v) is 3.20. The standard InChI is InChI=1S/C12H21N5S/c1-12(2)9-17(6-7-18-12)11(13-3)14-8-10-4-5-15-16-10/h4-5H,6-9H2,1-3H3,(H,13,14)(H,15,16). The van der Waals surface area contributed by atoms with Crippen LogP contribution in [0.1, 0.15) is 19.5 Å². The van der Waals surface area contributed by atoms with Crippen LogP contribution in [-0.4, -0.2) is 51.7 Å². The first-order valence-electron chi connectivity index (χ1n) is 6.18. The number of hydrogen-bond donors (Lipinski definition) is 2. The summed E-state index contributed by atoms with van der Waals surface area (Å²) >= 11 is 2.03. The van der Waals surface area contributed by atoms with Gasteiger partial charge < -0.3 is 10.2 Å². The number of rotatable bonds is 2. The molecule has 6 heteroatoms. The number of aliphatic imine (C=N–C) groups is 1. The van der Waals surface area contributed by atoms with Gasteiger partial charge in [-0.3, -0.25) is 10.1 Å². The second-order valence-corrected chi connectivity index (χ2v) is 6.81. The monoisotopic (exact) mass is 267 g/mol. The Labute approximate surface area is 112 Å². The highest BCUT2D eigenvalue weighted by atomic mass is 32.2. The van der Waals surface area contributed by atoms with E-state index in [1.807, 2.05) is 24.9 Å². The highest BCUT2D eigenvalue weighted by molar-refractivity contribution is 8.00. The number of thioether (sulfide) groups is 1. The second kappa shape index (κ2) is 5.65. The van der Waals surface area contributed by atoms with Gasteiger partial charge in [-0.05, 0) is 19.9 Å². The third kappa shape index (κ3) is 3.41. The first kappa shape index (κ1) is 13.3. The van der Waals surface area contributed by atoms with Gasteiger partial charge in [-0.25, -0.2) is 0 Å². The minimum absolute atomic E-state index is 0.295. The van der Waals surface area contributed by atoms with E-state index in [0.717, 1.165) is 37.0 Å². The fourth-order valence-electron chi connectivity index (χ4n) is 2.09. The molecule has 1 aromatic heterocycles. The number of nitrogens with one attached hydrogen (secondary N) is 2. The highest BCUT2D eigenvalue weighted by Crippen LogP contribution is 2.29. The lowest BCUT2D eigenvalue weighted by molar-refractivity contribution is 0.375. The minimum Gasteiger partial charge on any atom is -0.351 e. The van der Waals surface area contributed by atoms with E-state index in [1.54, 1.807) is 6.20 Å². The summed E-state index contributed by atoms with van der Waals surface area (Å²) in [5.41, 5.74) is 1.07. The van der Waals surface area contributed by atoms with Crippen LogP contribution in [0.25, 0.3) is 0 Å². The molecule has 0 spiro atoms. The molecule has 18 heavy (non-hydrogen) atoms. The van der Waals surface area contributed by atoms with Crippen molar-refractivity contribution in [1.82, 2.24) is 20.4 Å². The molecule has 2 heterocycles. The average molecular weight is 267 g/mol. The van der Waals surface area contributed by atoms with Crippen LogP contribution < -0.4 is 5.32 Å². The molecule has 1 aliphatic heterocycles. The predicted octanol–water partition coefficient (Wildman–Crippen LogP) is 1.31. The summed E-state index contributed by atoms with van der Waals surface area (Å²) in [6.45, 7) is 7.38. The molecular formula is C12H21N5S. The summed E-state index contributed by atoms with van der Waals surface area (Å²) in [4.78, 5) is 6.69. The van der Waals surface area contributed by atoms with Crippen LogP contribution in [0.15, 0.2) is 17.3 Å². The molecule has 2 rings (SSSR count). The zero-order valence-corrected chi connectivity index (χ0v) is 12.0. The molecule has 1 saturated heterocycles. The Kier molecular flexibility index (Phi) is 4.16. The SMILES string of the molecule is CN=C(NCc1ccn[nH]1)N1CCSC(C)(C)C1. The Morgan fingerprint density at radius 3 is 3.11 bits per heavy atom. The van der Waals surface area contributed by atoms with E-state index < -0.39 is 0 Å². The van der Waals surface area contributed by atoms with Crippen LogP contribution in [0.4, 0.5) is 0 Å². The van der Waals surface area contributed by atoms with Crippen molar-refractivity contribution in [2.24, 2.45) is 4.99 Å². The van der Waals surface area contributed by atoms with Crippen LogP contribution >= 0.6 is 11.8 Å². The van der Waals surface area contributed by atoms with Gasteiger partial charge in [-0.15, -0.1) is 0 Å². The molecule has 2 N–H and O–H groups in total. The quantitative estimate of drug-likeness (QED) is 0.627. The van der Waals surface area contributed by atoms with Gasteiger partial charge in [-0.1, -0.05) is 0 Å². The topological polar surface area (TPSA) is 56.3 Å². The van der Waals surface area contributed by atoms with Crippen molar-refractivity contribution in [3.63, 3.8) is 0 Å². The van der Waals surface area contributed by atoms with Gasteiger partial charge in [0.15, 0.2) is 5.96 Å². The van der Waals surface area contributed by atoms with Gasteiger partial charge in [0, 0.05) is 36.8 Å². The number of aromatic nitrogens is 2. The van der Waals surface area contributed by atoms with Crippen molar-refractivity contribution < 1.29 is 0 Å². The van der Waals surface area contributed by atoms with Gasteiger partial charge in [0.1, 0.15) is 0 Å². The zero-order valence-electron chi connectivity index (χ0n) is 11.2. The van der Waals surface area contributed by atoms with Crippen molar-refractivity contribution in [1.29, 1.82) is 0 Å². The van der Waals surface area contributed by atoms with Crippen LogP contribution in [-0.2, 0) is 6.54 Å². The summed E-state index contributed by atoms with van der Waals surface area (Å²) in [7, 11) is 1.84. The maximum atomic E-state index is 4.36. The van der Waals surface area contributed by atoms with E-state index >= 15 is 0 Å². The average Bonchev–Trinajstić information content (AvgIpc) is 2.81. The van der Waals surface area contributed by atoms with E-state index in [2.05, 4.69) is 39.3 Å². The normalized spacial score (nSPS) is 19.9. The second-order valence-electron chi connectivity index (χ2n) is 5.01. The molecule has 0 saturated carbocycles. The molecule has 100 valence electrons. The van der Waals surface area contributed by atoms with E-state index in [0.29, 0.717) is 4.75 Å². The third-order valence-electron chi connectivity index (χ3n) is 2.93. The lowest BCUT2D eigenvalue weighted by Crippen LogP contribution is -2.50. The number of hydrogen-bond acceptors (Lipinski definition) is 3. The van der Waals surface area contributed by atoms with E-state index in [4.69, 9.17) is 0 Å². The molecule has 1 aliphatic rings. The summed E-state index contributed by atoms with van der Waals surface area (Å²) in [5.74, 6) is 2.12. The van der Waals surface area contributed by atoms with Crippen molar-refractivity contribution in [3.8, 4) is 0 Å². The van der Waals surface area contributed by atoms with Crippen molar-refractivity contribution in [2.75, 3.05) is 25.9 Å². The van der Waals surface area contributed by atoms with Gasteiger partial charge in [0.05, 0.1) is 12.2 Å². The third-order valence-corrected chi connectivity index (χ3v) is 4.23. The summed E-state index contributed by atoms with van der Waals surface area (Å²) in [5, 5.41) is 10.3. The molecule has 5 nitrogen and oxygen atoms in total. The van der Waals surface area contributed by atoms with Gasteiger partial charge >= 0.3 is 0 Å². The minimum atomic E-state index is 0.295. The molecule has 0 radical (unpaired) electrons. The molecule has 0 bridgehead atoms.